The summed E-state index contributed by atoms with van der Waals surface area (Å²) < 4.78 is 5.40. The molecule has 1 fully saturated rings. The Morgan fingerprint density at radius 3 is 2.97 bits per heavy atom. The molecule has 3 aromatic rings. The smallest absolute Gasteiger partial charge is 0.232 e. The number of hydrogen-bond acceptors (Lipinski definition) is 8. The second-order valence-corrected chi connectivity index (χ2v) is 10.0. The molecule has 4 rings (SSSR count). The number of nitrogens with zero attached hydrogens (tertiary/aromatic N) is 4. The van der Waals surface area contributed by atoms with Gasteiger partial charge in [-0.15, -0.1) is 34.4 Å². The summed E-state index contributed by atoms with van der Waals surface area (Å²) in [6, 6.07) is 5.98. The van der Waals surface area contributed by atoms with Crippen LogP contribution in [0, 0.1) is 6.92 Å². The van der Waals surface area contributed by atoms with E-state index in [4.69, 9.17) is 4.52 Å². The maximum atomic E-state index is 12.6. The van der Waals surface area contributed by atoms with E-state index in [9.17, 15) is 4.79 Å². The molecule has 1 amide bonds. The zero-order valence-electron chi connectivity index (χ0n) is 16.4. The number of thiophene rings is 1. The second-order valence-electron chi connectivity index (χ2n) is 7.02. The normalized spacial score (nSPS) is 15.6. The van der Waals surface area contributed by atoms with Gasteiger partial charge >= 0.3 is 0 Å². The van der Waals surface area contributed by atoms with Crippen molar-refractivity contribution in [1.29, 1.82) is 0 Å². The summed E-state index contributed by atoms with van der Waals surface area (Å²) in [5.74, 6) is 2.17. The fourth-order valence-corrected chi connectivity index (χ4v) is 5.42. The largest absolute Gasteiger partial charge is 0.355 e. The number of hydrogen-bond donors (Lipinski definition) is 0. The quantitative estimate of drug-likeness (QED) is 0.541. The molecule has 4 heterocycles. The number of carbonyl (C=O) groups is 1. The number of aryl methyl sites for hydroxylation is 1. The van der Waals surface area contributed by atoms with Gasteiger partial charge in [0.15, 0.2) is 5.76 Å². The van der Waals surface area contributed by atoms with Gasteiger partial charge in [-0.1, -0.05) is 11.2 Å². The molecular formula is C20H24N4O2S3. The van der Waals surface area contributed by atoms with Crippen molar-refractivity contribution < 1.29 is 9.32 Å². The van der Waals surface area contributed by atoms with Crippen LogP contribution in [0.15, 0.2) is 33.5 Å². The molecule has 0 bridgehead atoms. The Bertz CT molecular complexity index is 922. The molecule has 1 saturated heterocycles. The van der Waals surface area contributed by atoms with E-state index in [-0.39, 0.29) is 5.91 Å². The predicted molar refractivity (Wildman–Crippen MR) is 119 cm³/mol. The Kier molecular flexibility index (Phi) is 7.02. The van der Waals surface area contributed by atoms with Gasteiger partial charge in [-0.3, -0.25) is 9.69 Å². The third kappa shape index (κ3) is 5.69. The lowest BCUT2D eigenvalue weighted by Crippen LogP contribution is -2.36. The van der Waals surface area contributed by atoms with Crippen LogP contribution in [-0.2, 0) is 17.1 Å². The molecule has 1 aliphatic rings. The van der Waals surface area contributed by atoms with Crippen LogP contribution in [0.3, 0.4) is 0 Å². The molecule has 1 aliphatic heterocycles. The minimum atomic E-state index is 0.211. The highest BCUT2D eigenvalue weighted by molar-refractivity contribution is 7.99. The van der Waals surface area contributed by atoms with Crippen LogP contribution in [0.1, 0.15) is 22.8 Å². The van der Waals surface area contributed by atoms with Gasteiger partial charge < -0.3 is 9.42 Å². The molecule has 29 heavy (non-hydrogen) atoms. The van der Waals surface area contributed by atoms with E-state index in [0.29, 0.717) is 11.5 Å². The van der Waals surface area contributed by atoms with Gasteiger partial charge in [0, 0.05) is 49.9 Å². The number of thiazole rings is 1. The van der Waals surface area contributed by atoms with E-state index < -0.39 is 0 Å². The minimum Gasteiger partial charge on any atom is -0.355 e. The average Bonchev–Trinajstić information content (AvgIpc) is 3.43. The number of rotatable bonds is 7. The Balaban J connectivity index is 1.21. The molecule has 3 aromatic heterocycles. The monoisotopic (exact) mass is 448 g/mol. The summed E-state index contributed by atoms with van der Waals surface area (Å²) in [5.41, 5.74) is 2.02. The second kappa shape index (κ2) is 9.88. The molecule has 0 atom stereocenters. The van der Waals surface area contributed by atoms with Crippen molar-refractivity contribution >= 4 is 40.3 Å². The third-order valence-corrected chi connectivity index (χ3v) is 7.45. The van der Waals surface area contributed by atoms with Crippen LogP contribution in [0.25, 0.3) is 10.6 Å². The van der Waals surface area contributed by atoms with Crippen LogP contribution in [-0.4, -0.2) is 57.8 Å². The maximum Gasteiger partial charge on any atom is 0.232 e. The zero-order valence-corrected chi connectivity index (χ0v) is 18.8. The summed E-state index contributed by atoms with van der Waals surface area (Å²) in [4.78, 5) is 22.7. The molecule has 0 unspecified atom stereocenters. The highest BCUT2D eigenvalue weighted by Gasteiger charge is 2.20. The van der Waals surface area contributed by atoms with Gasteiger partial charge in [0.05, 0.1) is 27.0 Å². The van der Waals surface area contributed by atoms with Gasteiger partial charge in [0.1, 0.15) is 0 Å². The lowest BCUT2D eigenvalue weighted by Gasteiger charge is -2.21. The molecule has 0 aliphatic carbocycles. The maximum absolute atomic E-state index is 12.6. The van der Waals surface area contributed by atoms with Crippen LogP contribution in [0.5, 0.6) is 0 Å². The van der Waals surface area contributed by atoms with Crippen molar-refractivity contribution in [2.45, 2.75) is 25.6 Å². The number of carbonyl (C=O) groups excluding carboxylic acids is 1. The first-order valence-electron chi connectivity index (χ1n) is 9.66. The summed E-state index contributed by atoms with van der Waals surface area (Å²) in [5, 5.41) is 9.38. The minimum absolute atomic E-state index is 0.211. The van der Waals surface area contributed by atoms with Crippen molar-refractivity contribution in [3.8, 4) is 10.6 Å². The zero-order chi connectivity index (χ0) is 20.1. The van der Waals surface area contributed by atoms with Crippen LogP contribution in [0.2, 0.25) is 0 Å². The molecule has 0 aromatic carbocycles. The molecule has 0 spiro atoms. The van der Waals surface area contributed by atoms with Crippen LogP contribution < -0.4 is 0 Å². The Morgan fingerprint density at radius 1 is 1.24 bits per heavy atom. The first-order chi connectivity index (χ1) is 14.2. The summed E-state index contributed by atoms with van der Waals surface area (Å²) >= 11 is 4.93. The topological polar surface area (TPSA) is 62.5 Å². The van der Waals surface area contributed by atoms with Crippen molar-refractivity contribution in [2.24, 2.45) is 0 Å². The van der Waals surface area contributed by atoms with Gasteiger partial charge in [0.25, 0.3) is 0 Å². The van der Waals surface area contributed by atoms with E-state index in [1.165, 1.54) is 0 Å². The SMILES string of the molecule is Cc1nc(CN2CCCN(C(=O)CSCc3cc(-c4cccs4)on3)CC2)cs1. The molecule has 9 heteroatoms. The lowest BCUT2D eigenvalue weighted by molar-refractivity contribution is -0.128. The van der Waals surface area contributed by atoms with Crippen molar-refractivity contribution in [3.63, 3.8) is 0 Å². The first kappa shape index (κ1) is 20.6. The average molecular weight is 449 g/mol. The van der Waals surface area contributed by atoms with E-state index in [0.717, 1.165) is 66.2 Å². The van der Waals surface area contributed by atoms with Gasteiger partial charge in [-0.25, -0.2) is 4.98 Å². The first-order valence-corrected chi connectivity index (χ1v) is 12.6. The van der Waals surface area contributed by atoms with Crippen molar-refractivity contribution in [3.05, 3.63) is 45.4 Å². The fraction of sp³-hybridized carbons (Fsp3) is 0.450. The lowest BCUT2D eigenvalue weighted by atomic mass is 10.3. The van der Waals surface area contributed by atoms with Gasteiger partial charge in [-0.2, -0.15) is 0 Å². The summed E-state index contributed by atoms with van der Waals surface area (Å²) in [6.07, 6.45) is 1.01. The summed E-state index contributed by atoms with van der Waals surface area (Å²) in [6.45, 7) is 6.45. The molecule has 0 saturated carbocycles. The van der Waals surface area contributed by atoms with Crippen molar-refractivity contribution in [2.75, 3.05) is 31.9 Å². The molecule has 0 N–H and O–H groups in total. The number of aromatic nitrogens is 2. The molecular weight excluding hydrogens is 424 g/mol. The fourth-order valence-electron chi connectivity index (χ4n) is 3.34. The summed E-state index contributed by atoms with van der Waals surface area (Å²) in [7, 11) is 0. The number of thioether (sulfide) groups is 1. The van der Waals surface area contributed by atoms with Crippen molar-refractivity contribution in [1.82, 2.24) is 19.9 Å². The Labute approximate surface area is 182 Å². The standard InChI is InChI=1S/C20H24N4O2S3/c1-15-21-17(13-29-15)11-23-5-3-6-24(8-7-23)20(25)14-27-12-16-10-18(26-22-16)19-4-2-9-28-19/h2,4,9-10,13H,3,5-8,11-12,14H2,1H3. The Hall–Kier alpha value is -1.68. The highest BCUT2D eigenvalue weighted by atomic mass is 32.2. The highest BCUT2D eigenvalue weighted by Crippen LogP contribution is 2.26. The van der Waals surface area contributed by atoms with E-state index in [2.05, 4.69) is 20.4 Å². The van der Waals surface area contributed by atoms with Crippen LogP contribution in [0.4, 0.5) is 0 Å². The van der Waals surface area contributed by atoms with Gasteiger partial charge in [0.2, 0.25) is 5.91 Å². The molecule has 0 radical (unpaired) electrons. The third-order valence-electron chi connectivity index (χ3n) is 4.79. The molecule has 6 nitrogen and oxygen atoms in total. The molecule has 154 valence electrons. The van der Waals surface area contributed by atoms with Gasteiger partial charge in [-0.05, 0) is 24.8 Å². The van der Waals surface area contributed by atoms with E-state index in [1.54, 1.807) is 34.4 Å². The van der Waals surface area contributed by atoms with Crippen LogP contribution >= 0.6 is 34.4 Å². The van der Waals surface area contributed by atoms with E-state index >= 15 is 0 Å². The van der Waals surface area contributed by atoms with E-state index in [1.807, 2.05) is 35.4 Å². The number of amides is 1. The Morgan fingerprint density at radius 2 is 2.17 bits per heavy atom. The predicted octanol–water partition coefficient (Wildman–Crippen LogP) is 4.14.